The maximum Gasteiger partial charge on any atom is 0.302 e. The van der Waals surface area contributed by atoms with Crippen LogP contribution in [0.4, 0.5) is 8.78 Å². The predicted octanol–water partition coefficient (Wildman–Crippen LogP) is 3.76. The van der Waals surface area contributed by atoms with E-state index in [1.54, 1.807) is 6.07 Å². The standard InChI is InChI=1S/C22H24Cl2F2N2O5/c1-14(29)33-17(6-7-27-8-9-31-15-2-4-18(23)20(25)10-15)12-28-22(30)13-32-16-3-5-19(24)21(26)11-16/h2-5,10-11,17,27H,6-9,12-13H2,1H3,(H,28,30)/t17-/m1/s1. The van der Waals surface area contributed by atoms with Gasteiger partial charge in [0, 0.05) is 25.6 Å². The van der Waals surface area contributed by atoms with Gasteiger partial charge < -0.3 is 24.8 Å². The molecule has 0 aliphatic rings. The second-order valence-corrected chi connectivity index (χ2v) is 7.68. The number of amides is 1. The molecule has 2 rings (SSSR count). The Labute approximate surface area is 200 Å². The number of ether oxygens (including phenoxy) is 3. The van der Waals surface area contributed by atoms with Crippen molar-refractivity contribution in [2.45, 2.75) is 19.4 Å². The lowest BCUT2D eigenvalue weighted by atomic mass is 10.2. The minimum atomic E-state index is -0.650. The molecule has 11 heteroatoms. The van der Waals surface area contributed by atoms with Crippen LogP contribution in [0, 0.1) is 11.6 Å². The second kappa shape index (κ2) is 13.8. The highest BCUT2D eigenvalue weighted by Crippen LogP contribution is 2.21. The van der Waals surface area contributed by atoms with Crippen molar-refractivity contribution in [2.24, 2.45) is 0 Å². The number of carbonyl (C=O) groups excluding carboxylic acids is 2. The Morgan fingerprint density at radius 1 is 0.970 bits per heavy atom. The highest BCUT2D eigenvalue weighted by molar-refractivity contribution is 6.31. The fourth-order valence-corrected chi connectivity index (χ4v) is 2.86. The lowest BCUT2D eigenvalue weighted by Gasteiger charge is -2.18. The van der Waals surface area contributed by atoms with Gasteiger partial charge in [-0.25, -0.2) is 8.78 Å². The summed E-state index contributed by atoms with van der Waals surface area (Å²) in [5.41, 5.74) is 0. The summed E-state index contributed by atoms with van der Waals surface area (Å²) in [5, 5.41) is 5.69. The third-order valence-corrected chi connectivity index (χ3v) is 4.82. The fraction of sp³-hybridized carbons (Fsp3) is 0.364. The van der Waals surface area contributed by atoms with Crippen LogP contribution in [-0.4, -0.2) is 50.8 Å². The summed E-state index contributed by atoms with van der Waals surface area (Å²) in [6.07, 6.45) is -0.128. The van der Waals surface area contributed by atoms with Crippen molar-refractivity contribution < 1.29 is 32.6 Å². The van der Waals surface area contributed by atoms with Gasteiger partial charge in [0.15, 0.2) is 6.61 Å². The Kier molecular flexibility index (Phi) is 11.2. The Hall–Kier alpha value is -2.62. The topological polar surface area (TPSA) is 85.9 Å². The molecule has 0 spiro atoms. The molecule has 0 unspecified atom stereocenters. The van der Waals surface area contributed by atoms with E-state index in [9.17, 15) is 18.4 Å². The van der Waals surface area contributed by atoms with Crippen molar-refractivity contribution >= 4 is 35.1 Å². The maximum atomic E-state index is 13.4. The van der Waals surface area contributed by atoms with E-state index in [2.05, 4.69) is 10.6 Å². The molecule has 1 atom stereocenters. The summed E-state index contributed by atoms with van der Waals surface area (Å²) in [7, 11) is 0. The average molecular weight is 505 g/mol. The van der Waals surface area contributed by atoms with Crippen LogP contribution in [0.1, 0.15) is 13.3 Å². The second-order valence-electron chi connectivity index (χ2n) is 6.86. The van der Waals surface area contributed by atoms with Crippen LogP contribution < -0.4 is 20.1 Å². The van der Waals surface area contributed by atoms with Crippen LogP contribution in [0.5, 0.6) is 11.5 Å². The number of halogens is 4. The summed E-state index contributed by atoms with van der Waals surface area (Å²) in [4.78, 5) is 23.3. The Bertz CT molecular complexity index is 949. The number of benzene rings is 2. The van der Waals surface area contributed by atoms with E-state index in [0.717, 1.165) is 6.07 Å². The molecule has 0 aromatic heterocycles. The summed E-state index contributed by atoms with van der Waals surface area (Å²) in [5.74, 6) is -1.62. The van der Waals surface area contributed by atoms with Crippen molar-refractivity contribution in [1.82, 2.24) is 10.6 Å². The molecule has 0 fully saturated rings. The van der Waals surface area contributed by atoms with Gasteiger partial charge in [0.2, 0.25) is 0 Å². The molecule has 7 nitrogen and oxygen atoms in total. The summed E-state index contributed by atoms with van der Waals surface area (Å²) in [6, 6.07) is 8.03. The molecule has 0 aliphatic heterocycles. The quantitative estimate of drug-likeness (QED) is 0.319. The van der Waals surface area contributed by atoms with Crippen molar-refractivity contribution in [2.75, 3.05) is 32.8 Å². The molecule has 0 saturated carbocycles. The Morgan fingerprint density at radius 3 is 2.15 bits per heavy atom. The van der Waals surface area contributed by atoms with Crippen LogP contribution in [0.3, 0.4) is 0 Å². The normalized spacial score (nSPS) is 11.5. The van der Waals surface area contributed by atoms with E-state index in [1.165, 1.54) is 31.2 Å². The van der Waals surface area contributed by atoms with Crippen LogP contribution in [0.15, 0.2) is 36.4 Å². The first-order valence-electron chi connectivity index (χ1n) is 10.0. The predicted molar refractivity (Wildman–Crippen MR) is 120 cm³/mol. The molecular formula is C22H24Cl2F2N2O5. The zero-order valence-corrected chi connectivity index (χ0v) is 19.3. The number of carbonyl (C=O) groups is 2. The molecule has 2 aromatic rings. The van der Waals surface area contributed by atoms with Gasteiger partial charge >= 0.3 is 5.97 Å². The monoisotopic (exact) mass is 504 g/mol. The minimum absolute atomic E-state index is 0.0227. The number of rotatable bonds is 13. The van der Waals surface area contributed by atoms with E-state index in [1.807, 2.05) is 0 Å². The smallest absolute Gasteiger partial charge is 0.302 e. The average Bonchev–Trinajstić information content (AvgIpc) is 2.77. The van der Waals surface area contributed by atoms with E-state index >= 15 is 0 Å². The number of nitrogens with one attached hydrogen (secondary N) is 2. The molecule has 2 N–H and O–H groups in total. The van der Waals surface area contributed by atoms with Gasteiger partial charge in [-0.2, -0.15) is 0 Å². The van der Waals surface area contributed by atoms with Gasteiger partial charge in [-0.3, -0.25) is 9.59 Å². The first-order chi connectivity index (χ1) is 15.7. The van der Waals surface area contributed by atoms with E-state index in [0.29, 0.717) is 31.9 Å². The zero-order chi connectivity index (χ0) is 24.2. The van der Waals surface area contributed by atoms with Gasteiger partial charge in [-0.1, -0.05) is 23.2 Å². The van der Waals surface area contributed by atoms with Gasteiger partial charge in [0.05, 0.1) is 16.6 Å². The van der Waals surface area contributed by atoms with E-state index in [-0.39, 0.29) is 28.9 Å². The summed E-state index contributed by atoms with van der Waals surface area (Å²) < 4.78 is 42.6. The van der Waals surface area contributed by atoms with Gasteiger partial charge in [-0.15, -0.1) is 0 Å². The molecule has 0 saturated heterocycles. The number of esters is 1. The van der Waals surface area contributed by atoms with Gasteiger partial charge in [0.25, 0.3) is 5.91 Å². The molecule has 180 valence electrons. The Morgan fingerprint density at radius 2 is 1.58 bits per heavy atom. The molecule has 0 bridgehead atoms. The third kappa shape index (κ3) is 10.2. The van der Waals surface area contributed by atoms with Crippen LogP contribution in [-0.2, 0) is 14.3 Å². The van der Waals surface area contributed by atoms with Crippen molar-refractivity contribution in [3.05, 3.63) is 58.1 Å². The lowest BCUT2D eigenvalue weighted by molar-refractivity contribution is -0.147. The highest BCUT2D eigenvalue weighted by Gasteiger charge is 2.14. The largest absolute Gasteiger partial charge is 0.492 e. The molecule has 2 aromatic carbocycles. The molecule has 0 radical (unpaired) electrons. The third-order valence-electron chi connectivity index (χ3n) is 4.20. The minimum Gasteiger partial charge on any atom is -0.492 e. The first kappa shape index (κ1) is 26.6. The lowest BCUT2D eigenvalue weighted by Crippen LogP contribution is -2.38. The first-order valence-corrected chi connectivity index (χ1v) is 10.8. The van der Waals surface area contributed by atoms with Gasteiger partial charge in [-0.05, 0) is 37.2 Å². The van der Waals surface area contributed by atoms with E-state index < -0.39 is 29.6 Å². The Balaban J connectivity index is 1.66. The fourth-order valence-electron chi connectivity index (χ4n) is 2.63. The molecule has 0 heterocycles. The van der Waals surface area contributed by atoms with Crippen LogP contribution in [0.25, 0.3) is 0 Å². The highest BCUT2D eigenvalue weighted by atomic mass is 35.5. The summed E-state index contributed by atoms with van der Waals surface area (Å²) >= 11 is 11.2. The maximum absolute atomic E-state index is 13.4. The molecule has 33 heavy (non-hydrogen) atoms. The van der Waals surface area contributed by atoms with Gasteiger partial charge in [0.1, 0.15) is 35.8 Å². The van der Waals surface area contributed by atoms with Crippen molar-refractivity contribution in [3.8, 4) is 11.5 Å². The molecular weight excluding hydrogens is 481 g/mol. The van der Waals surface area contributed by atoms with Crippen molar-refractivity contribution in [3.63, 3.8) is 0 Å². The van der Waals surface area contributed by atoms with Crippen LogP contribution >= 0.6 is 23.2 Å². The SMILES string of the molecule is CC(=O)O[C@H](CCNCCOc1ccc(Cl)c(F)c1)CNC(=O)COc1ccc(Cl)c(F)c1. The van der Waals surface area contributed by atoms with Crippen molar-refractivity contribution in [1.29, 1.82) is 0 Å². The summed E-state index contributed by atoms with van der Waals surface area (Å²) in [6.45, 7) is 2.26. The van der Waals surface area contributed by atoms with Crippen LogP contribution in [0.2, 0.25) is 10.0 Å². The molecule has 0 aliphatic carbocycles. The van der Waals surface area contributed by atoms with E-state index in [4.69, 9.17) is 37.4 Å². The molecule has 1 amide bonds. The number of hydrogen-bond donors (Lipinski definition) is 2. The number of hydrogen-bond acceptors (Lipinski definition) is 6. The zero-order valence-electron chi connectivity index (χ0n) is 17.8.